The Morgan fingerprint density at radius 3 is 2.47 bits per heavy atom. The van der Waals surface area contributed by atoms with Crippen molar-refractivity contribution < 1.29 is 8.42 Å². The maximum absolute atomic E-state index is 12.4. The fraction of sp³-hybridized carbons (Fsp3) is 0.538. The van der Waals surface area contributed by atoms with E-state index in [1.807, 2.05) is 19.9 Å². The van der Waals surface area contributed by atoms with E-state index in [-0.39, 0.29) is 6.04 Å². The van der Waals surface area contributed by atoms with Gasteiger partial charge in [-0.3, -0.25) is 0 Å². The molecule has 0 bridgehead atoms. The highest BCUT2D eigenvalue weighted by Gasteiger charge is 2.23. The van der Waals surface area contributed by atoms with Crippen LogP contribution in [0.4, 0.5) is 0 Å². The Bertz CT molecular complexity index is 566. The molecule has 1 aromatic rings. The highest BCUT2D eigenvalue weighted by molar-refractivity contribution is 9.10. The third kappa shape index (κ3) is 3.56. The normalized spacial score (nSPS) is 17.6. The van der Waals surface area contributed by atoms with Crippen molar-refractivity contribution in [2.75, 3.05) is 13.1 Å². The van der Waals surface area contributed by atoms with Crippen LogP contribution in [0.15, 0.2) is 21.5 Å². The molecule has 2 rings (SSSR count). The van der Waals surface area contributed by atoms with E-state index >= 15 is 0 Å². The number of piperidine rings is 1. The zero-order chi connectivity index (χ0) is 14.0. The van der Waals surface area contributed by atoms with Crippen LogP contribution in [0.2, 0.25) is 0 Å². The van der Waals surface area contributed by atoms with Crippen molar-refractivity contribution in [2.45, 2.75) is 37.6 Å². The van der Waals surface area contributed by atoms with Crippen LogP contribution in [0, 0.1) is 13.8 Å². The van der Waals surface area contributed by atoms with Gasteiger partial charge in [-0.15, -0.1) is 0 Å². The molecule has 1 aliphatic heterocycles. The van der Waals surface area contributed by atoms with Crippen molar-refractivity contribution >= 4 is 26.0 Å². The van der Waals surface area contributed by atoms with Gasteiger partial charge in [0.1, 0.15) is 0 Å². The standard InChI is InChI=1S/C13H19BrN2O2S/c1-9-8-13(10(2)7-12(9)14)19(17,18)16-11-3-5-15-6-4-11/h7-8,11,15-16H,3-6H2,1-2H3. The number of sulfonamides is 1. The summed E-state index contributed by atoms with van der Waals surface area (Å²) in [6, 6.07) is 3.62. The molecule has 0 radical (unpaired) electrons. The molecule has 6 heteroatoms. The molecule has 1 aromatic carbocycles. The zero-order valence-electron chi connectivity index (χ0n) is 11.2. The summed E-state index contributed by atoms with van der Waals surface area (Å²) < 4.78 is 28.6. The molecule has 1 aliphatic rings. The third-order valence-electron chi connectivity index (χ3n) is 3.41. The van der Waals surface area contributed by atoms with Crippen molar-refractivity contribution in [1.29, 1.82) is 0 Å². The molecule has 0 amide bonds. The van der Waals surface area contributed by atoms with Crippen LogP contribution in [0.5, 0.6) is 0 Å². The van der Waals surface area contributed by atoms with Gasteiger partial charge in [0.15, 0.2) is 0 Å². The molecule has 4 nitrogen and oxygen atoms in total. The van der Waals surface area contributed by atoms with E-state index in [4.69, 9.17) is 0 Å². The second-order valence-electron chi connectivity index (χ2n) is 5.01. The van der Waals surface area contributed by atoms with Crippen molar-refractivity contribution in [3.8, 4) is 0 Å². The molecule has 0 saturated carbocycles. The van der Waals surface area contributed by atoms with Gasteiger partial charge in [-0.05, 0) is 63.0 Å². The Morgan fingerprint density at radius 1 is 1.21 bits per heavy atom. The largest absolute Gasteiger partial charge is 0.317 e. The lowest BCUT2D eigenvalue weighted by molar-refractivity contribution is 0.427. The van der Waals surface area contributed by atoms with E-state index in [1.54, 1.807) is 6.07 Å². The fourth-order valence-electron chi connectivity index (χ4n) is 2.27. The van der Waals surface area contributed by atoms with Crippen LogP contribution in [-0.4, -0.2) is 27.5 Å². The second kappa shape index (κ2) is 5.91. The minimum Gasteiger partial charge on any atom is -0.317 e. The maximum atomic E-state index is 12.4. The van der Waals surface area contributed by atoms with Gasteiger partial charge in [0.05, 0.1) is 4.90 Å². The van der Waals surface area contributed by atoms with Crippen molar-refractivity contribution in [2.24, 2.45) is 0 Å². The molecule has 0 unspecified atom stereocenters. The predicted octanol–water partition coefficient (Wildman–Crippen LogP) is 2.10. The van der Waals surface area contributed by atoms with Crippen LogP contribution < -0.4 is 10.0 Å². The van der Waals surface area contributed by atoms with Gasteiger partial charge < -0.3 is 5.32 Å². The Hall–Kier alpha value is -0.430. The van der Waals surface area contributed by atoms with Gasteiger partial charge >= 0.3 is 0 Å². The number of rotatable bonds is 3. The Balaban J connectivity index is 2.26. The van der Waals surface area contributed by atoms with E-state index < -0.39 is 10.0 Å². The third-order valence-corrected chi connectivity index (χ3v) is 5.92. The Morgan fingerprint density at radius 2 is 1.84 bits per heavy atom. The van der Waals surface area contributed by atoms with E-state index in [9.17, 15) is 8.42 Å². The summed E-state index contributed by atoms with van der Waals surface area (Å²) in [7, 11) is -3.43. The van der Waals surface area contributed by atoms with E-state index in [2.05, 4.69) is 26.0 Å². The predicted molar refractivity (Wildman–Crippen MR) is 79.8 cm³/mol. The van der Waals surface area contributed by atoms with Gasteiger partial charge in [-0.25, -0.2) is 13.1 Å². The lowest BCUT2D eigenvalue weighted by Crippen LogP contribution is -2.42. The first-order valence-corrected chi connectivity index (χ1v) is 8.67. The van der Waals surface area contributed by atoms with Crippen molar-refractivity contribution in [3.63, 3.8) is 0 Å². The summed E-state index contributed by atoms with van der Waals surface area (Å²) in [5, 5.41) is 3.23. The number of hydrogen-bond acceptors (Lipinski definition) is 3. The van der Waals surface area contributed by atoms with E-state index in [0.717, 1.165) is 41.5 Å². The summed E-state index contributed by atoms with van der Waals surface area (Å²) >= 11 is 3.42. The topological polar surface area (TPSA) is 58.2 Å². The minimum absolute atomic E-state index is 0.0367. The minimum atomic E-state index is -3.43. The molecular weight excluding hydrogens is 328 g/mol. The average Bonchev–Trinajstić information content (AvgIpc) is 2.34. The van der Waals surface area contributed by atoms with Gasteiger partial charge in [0, 0.05) is 10.5 Å². The lowest BCUT2D eigenvalue weighted by Gasteiger charge is -2.24. The first-order valence-electron chi connectivity index (χ1n) is 6.40. The zero-order valence-corrected chi connectivity index (χ0v) is 13.6. The molecule has 0 aliphatic carbocycles. The quantitative estimate of drug-likeness (QED) is 0.880. The van der Waals surface area contributed by atoms with Crippen LogP contribution >= 0.6 is 15.9 Å². The van der Waals surface area contributed by atoms with Gasteiger partial charge in [-0.1, -0.05) is 15.9 Å². The summed E-state index contributed by atoms with van der Waals surface area (Å²) in [6.07, 6.45) is 1.68. The highest BCUT2D eigenvalue weighted by atomic mass is 79.9. The second-order valence-corrected chi connectivity index (χ2v) is 7.55. The molecule has 2 N–H and O–H groups in total. The van der Waals surface area contributed by atoms with Gasteiger partial charge in [0.25, 0.3) is 0 Å². The van der Waals surface area contributed by atoms with Gasteiger partial charge in [-0.2, -0.15) is 0 Å². The smallest absolute Gasteiger partial charge is 0.241 e. The molecule has 0 atom stereocenters. The van der Waals surface area contributed by atoms with Crippen molar-refractivity contribution in [3.05, 3.63) is 27.7 Å². The SMILES string of the molecule is Cc1cc(S(=O)(=O)NC2CCNCC2)c(C)cc1Br. The van der Waals surface area contributed by atoms with Crippen LogP contribution in [-0.2, 0) is 10.0 Å². The number of aryl methyl sites for hydroxylation is 2. The lowest BCUT2D eigenvalue weighted by atomic mass is 10.1. The first-order chi connectivity index (χ1) is 8.90. The molecule has 106 valence electrons. The molecule has 1 saturated heterocycles. The van der Waals surface area contributed by atoms with E-state index in [1.165, 1.54) is 0 Å². The monoisotopic (exact) mass is 346 g/mol. The average molecular weight is 347 g/mol. The molecule has 1 fully saturated rings. The molecule has 19 heavy (non-hydrogen) atoms. The molecule has 0 aromatic heterocycles. The molecule has 0 spiro atoms. The Kier molecular flexibility index (Phi) is 4.66. The molecular formula is C13H19BrN2O2S. The summed E-state index contributed by atoms with van der Waals surface area (Å²) in [5.41, 5.74) is 1.69. The summed E-state index contributed by atoms with van der Waals surface area (Å²) in [4.78, 5) is 0.381. The molecule has 1 heterocycles. The first kappa shape index (κ1) is 15.0. The Labute approximate surface area is 123 Å². The van der Waals surface area contributed by atoms with Crippen LogP contribution in [0.25, 0.3) is 0 Å². The number of hydrogen-bond donors (Lipinski definition) is 2. The van der Waals surface area contributed by atoms with Crippen LogP contribution in [0.3, 0.4) is 0 Å². The number of nitrogens with one attached hydrogen (secondary N) is 2. The van der Waals surface area contributed by atoms with Crippen LogP contribution in [0.1, 0.15) is 24.0 Å². The maximum Gasteiger partial charge on any atom is 0.241 e. The van der Waals surface area contributed by atoms with E-state index in [0.29, 0.717) is 4.90 Å². The van der Waals surface area contributed by atoms with Gasteiger partial charge in [0.2, 0.25) is 10.0 Å². The number of halogens is 1. The summed E-state index contributed by atoms with van der Waals surface area (Å²) in [6.45, 7) is 5.45. The fourth-order valence-corrected chi connectivity index (χ4v) is 4.34. The summed E-state index contributed by atoms with van der Waals surface area (Å²) in [5.74, 6) is 0. The van der Waals surface area contributed by atoms with Crippen molar-refractivity contribution in [1.82, 2.24) is 10.0 Å². The highest BCUT2D eigenvalue weighted by Crippen LogP contribution is 2.24. The number of benzene rings is 1.